The van der Waals surface area contributed by atoms with Crippen LogP contribution < -0.4 is 4.74 Å². The number of aliphatic hydroxyl groups is 1. The molecule has 1 heterocycles. The SMILES string of the molecule is O=C(COc1ccccc1Cl)N1CCCC(CO)C1. The Morgan fingerprint density at radius 1 is 1.47 bits per heavy atom. The van der Waals surface area contributed by atoms with E-state index >= 15 is 0 Å². The molecule has 104 valence electrons. The molecule has 1 aromatic carbocycles. The van der Waals surface area contributed by atoms with Crippen molar-refractivity contribution < 1.29 is 14.6 Å². The van der Waals surface area contributed by atoms with E-state index in [0.717, 1.165) is 19.4 Å². The number of piperidine rings is 1. The van der Waals surface area contributed by atoms with Crippen LogP contribution in [0, 0.1) is 5.92 Å². The number of amides is 1. The Bertz CT molecular complexity index is 438. The Labute approximate surface area is 117 Å². The second-order valence-corrected chi connectivity index (χ2v) is 5.16. The molecule has 1 aliphatic rings. The molecule has 5 heteroatoms. The van der Waals surface area contributed by atoms with Crippen molar-refractivity contribution in [1.82, 2.24) is 4.90 Å². The van der Waals surface area contributed by atoms with Gasteiger partial charge in [-0.25, -0.2) is 0 Å². The first-order chi connectivity index (χ1) is 9.20. The van der Waals surface area contributed by atoms with Crippen LogP contribution in [0.15, 0.2) is 24.3 Å². The highest BCUT2D eigenvalue weighted by Crippen LogP contribution is 2.23. The van der Waals surface area contributed by atoms with Crippen LogP contribution in [0.2, 0.25) is 5.02 Å². The van der Waals surface area contributed by atoms with E-state index < -0.39 is 0 Å². The number of aliphatic hydroxyl groups excluding tert-OH is 1. The van der Waals surface area contributed by atoms with Crippen LogP contribution in [0.3, 0.4) is 0 Å². The van der Waals surface area contributed by atoms with Crippen molar-refractivity contribution in [2.75, 3.05) is 26.3 Å². The van der Waals surface area contributed by atoms with E-state index in [2.05, 4.69) is 0 Å². The summed E-state index contributed by atoms with van der Waals surface area (Å²) in [6, 6.07) is 7.09. The van der Waals surface area contributed by atoms with Crippen LogP contribution in [-0.4, -0.2) is 42.2 Å². The maximum absolute atomic E-state index is 12.0. The predicted molar refractivity (Wildman–Crippen MR) is 73.3 cm³/mol. The summed E-state index contributed by atoms with van der Waals surface area (Å²) in [4.78, 5) is 13.8. The number of hydrogen-bond donors (Lipinski definition) is 1. The molecule has 1 aliphatic heterocycles. The summed E-state index contributed by atoms with van der Waals surface area (Å²) in [7, 11) is 0. The van der Waals surface area contributed by atoms with Crippen LogP contribution in [0.1, 0.15) is 12.8 Å². The van der Waals surface area contributed by atoms with Crippen LogP contribution in [0.25, 0.3) is 0 Å². The van der Waals surface area contributed by atoms with Crippen molar-refractivity contribution in [2.24, 2.45) is 5.92 Å². The lowest BCUT2D eigenvalue weighted by Crippen LogP contribution is -2.43. The maximum Gasteiger partial charge on any atom is 0.260 e. The number of benzene rings is 1. The fourth-order valence-electron chi connectivity index (χ4n) is 2.23. The van der Waals surface area contributed by atoms with Gasteiger partial charge in [-0.1, -0.05) is 23.7 Å². The zero-order valence-electron chi connectivity index (χ0n) is 10.7. The number of nitrogens with zero attached hydrogens (tertiary/aromatic N) is 1. The minimum Gasteiger partial charge on any atom is -0.482 e. The molecular weight excluding hydrogens is 266 g/mol. The fourth-order valence-corrected chi connectivity index (χ4v) is 2.42. The van der Waals surface area contributed by atoms with Gasteiger partial charge in [0.2, 0.25) is 0 Å². The molecule has 19 heavy (non-hydrogen) atoms. The lowest BCUT2D eigenvalue weighted by molar-refractivity contribution is -0.135. The first-order valence-corrected chi connectivity index (χ1v) is 6.84. The van der Waals surface area contributed by atoms with Crippen molar-refractivity contribution in [3.63, 3.8) is 0 Å². The Kier molecular flexibility index (Phi) is 5.05. The summed E-state index contributed by atoms with van der Waals surface area (Å²) in [5, 5.41) is 9.65. The summed E-state index contributed by atoms with van der Waals surface area (Å²) in [6.07, 6.45) is 1.91. The van der Waals surface area contributed by atoms with Crippen molar-refractivity contribution in [3.05, 3.63) is 29.3 Å². The Morgan fingerprint density at radius 3 is 3.00 bits per heavy atom. The van der Waals surface area contributed by atoms with Crippen molar-refractivity contribution in [2.45, 2.75) is 12.8 Å². The predicted octanol–water partition coefficient (Wildman–Crippen LogP) is 1.95. The second-order valence-electron chi connectivity index (χ2n) is 4.75. The van der Waals surface area contributed by atoms with Gasteiger partial charge in [0, 0.05) is 19.7 Å². The highest BCUT2D eigenvalue weighted by molar-refractivity contribution is 6.32. The highest BCUT2D eigenvalue weighted by atomic mass is 35.5. The van der Waals surface area contributed by atoms with Gasteiger partial charge in [-0.2, -0.15) is 0 Å². The van der Waals surface area contributed by atoms with Crippen LogP contribution in [0.5, 0.6) is 5.75 Å². The number of ether oxygens (including phenoxy) is 1. The normalized spacial score (nSPS) is 19.3. The molecule has 1 atom stereocenters. The van der Waals surface area contributed by atoms with Crippen LogP contribution in [-0.2, 0) is 4.79 Å². The molecule has 1 unspecified atom stereocenters. The van der Waals surface area contributed by atoms with Gasteiger partial charge in [0.1, 0.15) is 5.75 Å². The zero-order valence-corrected chi connectivity index (χ0v) is 11.5. The van der Waals surface area contributed by atoms with Crippen LogP contribution >= 0.6 is 11.6 Å². The molecule has 0 aromatic heterocycles. The minimum absolute atomic E-state index is 0.0120. The molecule has 0 aliphatic carbocycles. The average Bonchev–Trinajstić information content (AvgIpc) is 2.46. The number of para-hydroxylation sites is 1. The van der Waals surface area contributed by atoms with Gasteiger partial charge in [-0.3, -0.25) is 4.79 Å². The lowest BCUT2D eigenvalue weighted by Gasteiger charge is -2.31. The van der Waals surface area contributed by atoms with Gasteiger partial charge in [0.05, 0.1) is 5.02 Å². The fraction of sp³-hybridized carbons (Fsp3) is 0.500. The summed E-state index contributed by atoms with van der Waals surface area (Å²) in [6.45, 7) is 1.47. The third kappa shape index (κ3) is 3.85. The highest BCUT2D eigenvalue weighted by Gasteiger charge is 2.23. The lowest BCUT2D eigenvalue weighted by atomic mass is 9.99. The van der Waals surface area contributed by atoms with E-state index in [-0.39, 0.29) is 25.0 Å². The van der Waals surface area contributed by atoms with Gasteiger partial charge in [0.15, 0.2) is 6.61 Å². The van der Waals surface area contributed by atoms with E-state index in [0.29, 0.717) is 17.3 Å². The van der Waals surface area contributed by atoms with Crippen molar-refractivity contribution in [3.8, 4) is 5.75 Å². The van der Waals surface area contributed by atoms with Gasteiger partial charge < -0.3 is 14.7 Å². The van der Waals surface area contributed by atoms with E-state index in [4.69, 9.17) is 21.4 Å². The standard InChI is InChI=1S/C14H18ClNO3/c15-12-5-1-2-6-13(12)19-10-14(18)16-7-3-4-11(8-16)9-17/h1-2,5-6,11,17H,3-4,7-10H2. The summed E-state index contributed by atoms with van der Waals surface area (Å²) in [5.74, 6) is 0.657. The third-order valence-corrected chi connectivity index (χ3v) is 3.63. The molecule has 1 saturated heterocycles. The van der Waals surface area contributed by atoms with E-state index in [1.165, 1.54) is 0 Å². The molecule has 0 spiro atoms. The first kappa shape index (κ1) is 14.2. The molecule has 1 N–H and O–H groups in total. The van der Waals surface area contributed by atoms with E-state index in [1.54, 1.807) is 17.0 Å². The third-order valence-electron chi connectivity index (χ3n) is 3.32. The van der Waals surface area contributed by atoms with Gasteiger partial charge in [-0.05, 0) is 30.9 Å². The molecule has 1 fully saturated rings. The van der Waals surface area contributed by atoms with Crippen molar-refractivity contribution >= 4 is 17.5 Å². The topological polar surface area (TPSA) is 49.8 Å². The minimum atomic E-state index is -0.0573. The average molecular weight is 284 g/mol. The van der Waals surface area contributed by atoms with Crippen molar-refractivity contribution in [1.29, 1.82) is 0 Å². The number of rotatable bonds is 4. The molecule has 2 rings (SSSR count). The van der Waals surface area contributed by atoms with Crippen LogP contribution in [0.4, 0.5) is 0 Å². The van der Waals surface area contributed by atoms with Gasteiger partial charge in [0.25, 0.3) is 5.91 Å². The molecule has 1 aromatic rings. The number of hydrogen-bond acceptors (Lipinski definition) is 3. The number of carbonyl (C=O) groups is 1. The maximum atomic E-state index is 12.0. The Balaban J connectivity index is 1.86. The van der Waals surface area contributed by atoms with Gasteiger partial charge in [-0.15, -0.1) is 0 Å². The summed E-state index contributed by atoms with van der Waals surface area (Å²) >= 11 is 5.96. The number of halogens is 1. The largest absolute Gasteiger partial charge is 0.482 e. The monoisotopic (exact) mass is 283 g/mol. The zero-order chi connectivity index (χ0) is 13.7. The van der Waals surface area contributed by atoms with Gasteiger partial charge >= 0.3 is 0 Å². The Hall–Kier alpha value is -1.26. The van der Waals surface area contributed by atoms with E-state index in [9.17, 15) is 4.79 Å². The first-order valence-electron chi connectivity index (χ1n) is 6.46. The molecule has 0 bridgehead atoms. The number of likely N-dealkylation sites (tertiary alicyclic amines) is 1. The molecule has 0 radical (unpaired) electrons. The molecular formula is C14H18ClNO3. The summed E-state index contributed by atoms with van der Waals surface area (Å²) < 4.78 is 5.44. The summed E-state index contributed by atoms with van der Waals surface area (Å²) in [5.41, 5.74) is 0. The Morgan fingerprint density at radius 2 is 2.26 bits per heavy atom. The van der Waals surface area contributed by atoms with E-state index in [1.807, 2.05) is 12.1 Å². The molecule has 0 saturated carbocycles. The quantitative estimate of drug-likeness (QED) is 0.919. The smallest absolute Gasteiger partial charge is 0.260 e. The molecule has 4 nitrogen and oxygen atoms in total. The second kappa shape index (κ2) is 6.78. The number of carbonyl (C=O) groups excluding carboxylic acids is 1. The molecule has 1 amide bonds.